The van der Waals surface area contributed by atoms with Crippen LogP contribution in [0.25, 0.3) is 0 Å². The van der Waals surface area contributed by atoms with E-state index >= 15 is 0 Å². The number of rotatable bonds is 3. The van der Waals surface area contributed by atoms with Crippen molar-refractivity contribution in [2.75, 3.05) is 18.5 Å². The molecule has 4 nitrogen and oxygen atoms in total. The standard InChI is InChI=1S/C15H20N4/c1-16-14-8-10-19(11-12-7-9-18(2)17-12)15-6-4-3-5-13(14)15/h3-7,9,14,16H,8,10-11H2,1-2H3. The summed E-state index contributed by atoms with van der Waals surface area (Å²) in [6.45, 7) is 1.95. The average Bonchev–Trinajstić information content (AvgIpc) is 2.85. The summed E-state index contributed by atoms with van der Waals surface area (Å²) in [4.78, 5) is 2.42. The highest BCUT2D eigenvalue weighted by atomic mass is 15.3. The fourth-order valence-electron chi connectivity index (χ4n) is 2.84. The van der Waals surface area contributed by atoms with Gasteiger partial charge in [0.25, 0.3) is 0 Å². The molecule has 1 N–H and O–H groups in total. The average molecular weight is 256 g/mol. The SMILES string of the molecule is CNC1CCN(Cc2ccn(C)n2)c2ccccc21. The van der Waals surface area contributed by atoms with Gasteiger partial charge in [0.05, 0.1) is 12.2 Å². The van der Waals surface area contributed by atoms with Crippen LogP contribution in [0.1, 0.15) is 23.7 Å². The first-order chi connectivity index (χ1) is 9.28. The third-order valence-corrected chi connectivity index (χ3v) is 3.81. The van der Waals surface area contributed by atoms with Crippen LogP contribution in [0.15, 0.2) is 36.5 Å². The van der Waals surface area contributed by atoms with E-state index in [0.29, 0.717) is 6.04 Å². The van der Waals surface area contributed by atoms with Gasteiger partial charge >= 0.3 is 0 Å². The normalized spacial score (nSPS) is 18.4. The maximum Gasteiger partial charge on any atom is 0.0817 e. The van der Waals surface area contributed by atoms with Crippen molar-refractivity contribution in [3.05, 3.63) is 47.8 Å². The van der Waals surface area contributed by atoms with Crippen molar-refractivity contribution in [3.63, 3.8) is 0 Å². The van der Waals surface area contributed by atoms with Gasteiger partial charge in [-0.05, 0) is 31.2 Å². The summed E-state index contributed by atoms with van der Waals surface area (Å²) in [6.07, 6.45) is 3.14. The van der Waals surface area contributed by atoms with Crippen molar-refractivity contribution in [1.82, 2.24) is 15.1 Å². The van der Waals surface area contributed by atoms with E-state index in [0.717, 1.165) is 25.2 Å². The van der Waals surface area contributed by atoms with Gasteiger partial charge in [-0.15, -0.1) is 0 Å². The molecule has 0 radical (unpaired) electrons. The fraction of sp³-hybridized carbons (Fsp3) is 0.400. The minimum atomic E-state index is 0.469. The molecule has 4 heteroatoms. The fourth-order valence-corrected chi connectivity index (χ4v) is 2.84. The van der Waals surface area contributed by atoms with Gasteiger partial charge in [0.15, 0.2) is 0 Å². The molecule has 1 unspecified atom stereocenters. The van der Waals surface area contributed by atoms with Crippen LogP contribution in [0.4, 0.5) is 5.69 Å². The van der Waals surface area contributed by atoms with Gasteiger partial charge < -0.3 is 10.2 Å². The zero-order chi connectivity index (χ0) is 13.2. The first-order valence-electron chi connectivity index (χ1n) is 6.77. The Hall–Kier alpha value is -1.81. The lowest BCUT2D eigenvalue weighted by atomic mass is 9.96. The Morgan fingerprint density at radius 2 is 2.16 bits per heavy atom. The second-order valence-corrected chi connectivity index (χ2v) is 5.09. The van der Waals surface area contributed by atoms with E-state index < -0.39 is 0 Å². The Morgan fingerprint density at radius 3 is 2.89 bits per heavy atom. The number of benzene rings is 1. The molecule has 0 saturated carbocycles. The topological polar surface area (TPSA) is 33.1 Å². The van der Waals surface area contributed by atoms with E-state index in [1.807, 2.05) is 25.0 Å². The zero-order valence-electron chi connectivity index (χ0n) is 11.5. The van der Waals surface area contributed by atoms with Gasteiger partial charge in [0.2, 0.25) is 0 Å². The molecule has 0 fully saturated rings. The molecule has 0 amide bonds. The lowest BCUT2D eigenvalue weighted by molar-refractivity contribution is 0.514. The molecule has 19 heavy (non-hydrogen) atoms. The highest BCUT2D eigenvalue weighted by molar-refractivity contribution is 5.57. The molecule has 100 valence electrons. The quantitative estimate of drug-likeness (QED) is 0.913. The Morgan fingerprint density at radius 1 is 1.32 bits per heavy atom. The minimum absolute atomic E-state index is 0.469. The van der Waals surface area contributed by atoms with Crippen LogP contribution >= 0.6 is 0 Å². The largest absolute Gasteiger partial charge is 0.365 e. The summed E-state index contributed by atoms with van der Waals surface area (Å²) in [5, 5.41) is 7.88. The molecule has 1 aliphatic rings. The van der Waals surface area contributed by atoms with Gasteiger partial charge in [-0.1, -0.05) is 18.2 Å². The number of hydrogen-bond acceptors (Lipinski definition) is 3. The number of nitrogens with one attached hydrogen (secondary N) is 1. The molecular weight excluding hydrogens is 236 g/mol. The summed E-state index contributed by atoms with van der Waals surface area (Å²) in [6, 6.07) is 11.2. The van der Waals surface area contributed by atoms with E-state index in [-0.39, 0.29) is 0 Å². The first-order valence-corrected chi connectivity index (χ1v) is 6.77. The number of nitrogens with zero attached hydrogens (tertiary/aromatic N) is 3. The number of aryl methyl sites for hydroxylation is 1. The van der Waals surface area contributed by atoms with Crippen LogP contribution in [-0.4, -0.2) is 23.4 Å². The third kappa shape index (κ3) is 2.36. The lowest BCUT2D eigenvalue weighted by Crippen LogP contribution is -2.34. The Kier molecular flexibility index (Phi) is 3.25. The zero-order valence-corrected chi connectivity index (χ0v) is 11.5. The lowest BCUT2D eigenvalue weighted by Gasteiger charge is -2.35. The molecule has 1 aromatic heterocycles. The maximum absolute atomic E-state index is 4.48. The van der Waals surface area contributed by atoms with Crippen LogP contribution < -0.4 is 10.2 Å². The number of hydrogen-bond donors (Lipinski definition) is 1. The van der Waals surface area contributed by atoms with E-state index in [1.165, 1.54) is 11.3 Å². The Balaban J connectivity index is 1.87. The number of aromatic nitrogens is 2. The van der Waals surface area contributed by atoms with Gasteiger partial charge in [0.1, 0.15) is 0 Å². The molecule has 0 aliphatic carbocycles. The Labute approximate surface area is 114 Å². The van der Waals surface area contributed by atoms with Gasteiger partial charge in [-0.25, -0.2) is 0 Å². The summed E-state index contributed by atoms with van der Waals surface area (Å²) >= 11 is 0. The molecule has 1 aromatic carbocycles. The smallest absolute Gasteiger partial charge is 0.0817 e. The highest BCUT2D eigenvalue weighted by Crippen LogP contribution is 2.33. The van der Waals surface area contributed by atoms with Crippen molar-refractivity contribution in [2.45, 2.75) is 19.0 Å². The molecule has 0 spiro atoms. The van der Waals surface area contributed by atoms with E-state index in [2.05, 4.69) is 45.6 Å². The highest BCUT2D eigenvalue weighted by Gasteiger charge is 2.23. The van der Waals surface area contributed by atoms with Gasteiger partial charge in [-0.3, -0.25) is 4.68 Å². The summed E-state index contributed by atoms with van der Waals surface area (Å²) < 4.78 is 1.86. The minimum Gasteiger partial charge on any atom is -0.365 e. The second-order valence-electron chi connectivity index (χ2n) is 5.09. The van der Waals surface area contributed by atoms with Crippen LogP contribution in [0.2, 0.25) is 0 Å². The van der Waals surface area contributed by atoms with E-state index in [9.17, 15) is 0 Å². The summed E-state index contributed by atoms with van der Waals surface area (Å²) in [5.41, 5.74) is 3.85. The van der Waals surface area contributed by atoms with Crippen LogP contribution in [0, 0.1) is 0 Å². The van der Waals surface area contributed by atoms with Crippen LogP contribution in [0.3, 0.4) is 0 Å². The van der Waals surface area contributed by atoms with Crippen molar-refractivity contribution in [2.24, 2.45) is 7.05 Å². The maximum atomic E-state index is 4.48. The van der Waals surface area contributed by atoms with Crippen LogP contribution in [-0.2, 0) is 13.6 Å². The summed E-state index contributed by atoms with van der Waals surface area (Å²) in [5.74, 6) is 0. The van der Waals surface area contributed by atoms with Crippen molar-refractivity contribution in [3.8, 4) is 0 Å². The summed E-state index contributed by atoms with van der Waals surface area (Å²) in [7, 11) is 4.00. The van der Waals surface area contributed by atoms with Gasteiger partial charge in [-0.2, -0.15) is 5.10 Å². The molecule has 1 aliphatic heterocycles. The van der Waals surface area contributed by atoms with Crippen molar-refractivity contribution < 1.29 is 0 Å². The van der Waals surface area contributed by atoms with Crippen molar-refractivity contribution >= 4 is 5.69 Å². The van der Waals surface area contributed by atoms with Crippen LogP contribution in [0.5, 0.6) is 0 Å². The number of fused-ring (bicyclic) bond motifs is 1. The van der Waals surface area contributed by atoms with Gasteiger partial charge in [0, 0.05) is 31.5 Å². The number of para-hydroxylation sites is 1. The molecule has 1 atom stereocenters. The van der Waals surface area contributed by atoms with E-state index in [1.54, 1.807) is 0 Å². The Bertz CT molecular complexity index is 561. The third-order valence-electron chi connectivity index (χ3n) is 3.81. The van der Waals surface area contributed by atoms with E-state index in [4.69, 9.17) is 0 Å². The molecule has 0 bridgehead atoms. The molecule has 0 saturated heterocycles. The monoisotopic (exact) mass is 256 g/mol. The predicted molar refractivity (Wildman–Crippen MR) is 77.1 cm³/mol. The predicted octanol–water partition coefficient (Wildman–Crippen LogP) is 2.09. The molecule has 3 rings (SSSR count). The van der Waals surface area contributed by atoms with Crippen molar-refractivity contribution in [1.29, 1.82) is 0 Å². The molecular formula is C15H20N4. The molecule has 2 aromatic rings. The molecule has 2 heterocycles. The second kappa shape index (κ2) is 5.05. The first kappa shape index (κ1) is 12.2. The number of anilines is 1.